The first-order valence-electron chi connectivity index (χ1n) is 5.15. The number of ketones is 1. The van der Waals surface area contributed by atoms with Gasteiger partial charge in [0.25, 0.3) is 0 Å². The Balaban J connectivity index is 2.09. The second-order valence-corrected chi connectivity index (χ2v) is 5.37. The van der Waals surface area contributed by atoms with Gasteiger partial charge in [0.2, 0.25) is 0 Å². The number of halogens is 1. The molecule has 1 unspecified atom stereocenters. The molecule has 80 valence electrons. The minimum Gasteiger partial charge on any atom is -0.294 e. The van der Waals surface area contributed by atoms with Crippen LogP contribution in [0.15, 0.2) is 24.3 Å². The summed E-state index contributed by atoms with van der Waals surface area (Å²) in [5.74, 6) is 2.66. The summed E-state index contributed by atoms with van der Waals surface area (Å²) >= 11 is 7.67. The Labute approximate surface area is 99.2 Å². The third-order valence-electron chi connectivity index (χ3n) is 2.66. The van der Waals surface area contributed by atoms with Crippen LogP contribution in [0.2, 0.25) is 5.02 Å². The van der Waals surface area contributed by atoms with Crippen LogP contribution in [-0.4, -0.2) is 17.3 Å². The highest BCUT2D eigenvalue weighted by atomic mass is 35.5. The van der Waals surface area contributed by atoms with Gasteiger partial charge in [-0.15, -0.1) is 0 Å². The lowest BCUT2D eigenvalue weighted by molar-refractivity contribution is 0.0925. The molecule has 15 heavy (non-hydrogen) atoms. The van der Waals surface area contributed by atoms with E-state index in [0.29, 0.717) is 5.02 Å². The summed E-state index contributed by atoms with van der Waals surface area (Å²) in [6, 6.07) is 7.21. The maximum Gasteiger partial charge on any atom is 0.166 e. The molecule has 1 fully saturated rings. The molecule has 1 aromatic carbocycles. The van der Waals surface area contributed by atoms with E-state index in [1.165, 1.54) is 5.75 Å². The maximum atomic E-state index is 12.1. The monoisotopic (exact) mass is 240 g/mol. The van der Waals surface area contributed by atoms with Crippen LogP contribution >= 0.6 is 23.4 Å². The third kappa shape index (κ3) is 2.76. The van der Waals surface area contributed by atoms with E-state index < -0.39 is 0 Å². The van der Waals surface area contributed by atoms with Crippen LogP contribution in [0.5, 0.6) is 0 Å². The fourth-order valence-corrected chi connectivity index (χ4v) is 3.06. The van der Waals surface area contributed by atoms with Crippen molar-refractivity contribution >= 4 is 29.1 Å². The fourth-order valence-electron chi connectivity index (χ4n) is 1.80. The lowest BCUT2D eigenvalue weighted by Gasteiger charge is -2.19. The Morgan fingerprint density at radius 2 is 2.07 bits per heavy atom. The van der Waals surface area contributed by atoms with Crippen molar-refractivity contribution in [2.75, 3.05) is 11.5 Å². The Morgan fingerprint density at radius 3 is 2.67 bits per heavy atom. The summed E-state index contributed by atoms with van der Waals surface area (Å²) in [4.78, 5) is 12.1. The first-order valence-corrected chi connectivity index (χ1v) is 6.68. The average Bonchev–Trinajstić information content (AvgIpc) is 2.30. The van der Waals surface area contributed by atoms with Gasteiger partial charge in [-0.2, -0.15) is 11.8 Å². The SMILES string of the molecule is O=C(c1ccc(Cl)cc1)C1CCCSC1. The molecule has 1 heterocycles. The lowest BCUT2D eigenvalue weighted by atomic mass is 9.95. The summed E-state index contributed by atoms with van der Waals surface area (Å²) in [5, 5.41) is 0.685. The molecule has 0 saturated carbocycles. The zero-order valence-electron chi connectivity index (χ0n) is 8.41. The number of carbonyl (C=O) groups excluding carboxylic acids is 1. The zero-order valence-corrected chi connectivity index (χ0v) is 9.98. The topological polar surface area (TPSA) is 17.1 Å². The summed E-state index contributed by atoms with van der Waals surface area (Å²) in [5.41, 5.74) is 0.798. The molecule has 2 rings (SSSR count). The maximum absolute atomic E-state index is 12.1. The molecule has 1 atom stereocenters. The normalized spacial score (nSPS) is 21.3. The van der Waals surface area contributed by atoms with E-state index in [2.05, 4.69) is 0 Å². The van der Waals surface area contributed by atoms with Gasteiger partial charge in [0, 0.05) is 22.3 Å². The minimum absolute atomic E-state index is 0.213. The minimum atomic E-state index is 0.213. The van der Waals surface area contributed by atoms with Crippen LogP contribution in [0.1, 0.15) is 23.2 Å². The van der Waals surface area contributed by atoms with Gasteiger partial charge in [-0.25, -0.2) is 0 Å². The van der Waals surface area contributed by atoms with Crippen LogP contribution in [0.4, 0.5) is 0 Å². The highest BCUT2D eigenvalue weighted by molar-refractivity contribution is 7.99. The van der Waals surface area contributed by atoms with E-state index in [0.717, 1.165) is 24.2 Å². The van der Waals surface area contributed by atoms with Gasteiger partial charge in [0.1, 0.15) is 0 Å². The van der Waals surface area contributed by atoms with Gasteiger partial charge in [-0.05, 0) is 42.9 Å². The second-order valence-electron chi connectivity index (χ2n) is 3.79. The van der Waals surface area contributed by atoms with Crippen LogP contribution in [-0.2, 0) is 0 Å². The molecule has 1 saturated heterocycles. The molecule has 1 aliphatic heterocycles. The Hall–Kier alpha value is -0.470. The van der Waals surface area contributed by atoms with E-state index in [1.807, 2.05) is 23.9 Å². The van der Waals surface area contributed by atoms with Crippen LogP contribution in [0.25, 0.3) is 0 Å². The first-order chi connectivity index (χ1) is 7.27. The van der Waals surface area contributed by atoms with Gasteiger partial charge in [-0.3, -0.25) is 4.79 Å². The molecule has 0 bridgehead atoms. The molecule has 3 heteroatoms. The number of hydrogen-bond donors (Lipinski definition) is 0. The quantitative estimate of drug-likeness (QED) is 0.734. The smallest absolute Gasteiger partial charge is 0.166 e. The number of thioether (sulfide) groups is 1. The molecule has 1 aliphatic rings. The van der Waals surface area contributed by atoms with Crippen LogP contribution in [0, 0.1) is 5.92 Å². The lowest BCUT2D eigenvalue weighted by Crippen LogP contribution is -2.20. The number of rotatable bonds is 2. The van der Waals surface area contributed by atoms with Crippen molar-refractivity contribution in [3.63, 3.8) is 0 Å². The van der Waals surface area contributed by atoms with Crippen molar-refractivity contribution in [3.05, 3.63) is 34.9 Å². The Morgan fingerprint density at radius 1 is 1.33 bits per heavy atom. The Bertz CT molecular complexity index is 341. The van der Waals surface area contributed by atoms with E-state index >= 15 is 0 Å². The highest BCUT2D eigenvalue weighted by Gasteiger charge is 2.22. The summed E-state index contributed by atoms with van der Waals surface area (Å²) < 4.78 is 0. The molecule has 1 aromatic rings. The summed E-state index contributed by atoms with van der Waals surface area (Å²) in [6.45, 7) is 0. The largest absolute Gasteiger partial charge is 0.294 e. The van der Waals surface area contributed by atoms with Gasteiger partial charge < -0.3 is 0 Å². The third-order valence-corrected chi connectivity index (χ3v) is 4.13. The van der Waals surface area contributed by atoms with Gasteiger partial charge >= 0.3 is 0 Å². The zero-order chi connectivity index (χ0) is 10.7. The van der Waals surface area contributed by atoms with Crippen LogP contribution in [0.3, 0.4) is 0 Å². The van der Waals surface area contributed by atoms with Crippen molar-refractivity contribution in [2.24, 2.45) is 5.92 Å². The van der Waals surface area contributed by atoms with Crippen molar-refractivity contribution < 1.29 is 4.79 Å². The van der Waals surface area contributed by atoms with Gasteiger partial charge in [0.15, 0.2) is 5.78 Å². The van der Waals surface area contributed by atoms with Crippen molar-refractivity contribution in [1.29, 1.82) is 0 Å². The molecule has 0 radical (unpaired) electrons. The predicted molar refractivity (Wildman–Crippen MR) is 65.8 cm³/mol. The van der Waals surface area contributed by atoms with E-state index in [4.69, 9.17) is 11.6 Å². The predicted octanol–water partition coefficient (Wildman–Crippen LogP) is 3.67. The standard InChI is InChI=1S/C12H13ClOS/c13-11-5-3-9(4-6-11)12(14)10-2-1-7-15-8-10/h3-6,10H,1-2,7-8H2. The van der Waals surface area contributed by atoms with Crippen LogP contribution < -0.4 is 0 Å². The number of carbonyl (C=O) groups is 1. The molecule has 1 nitrogen and oxygen atoms in total. The molecule has 0 N–H and O–H groups in total. The second kappa shape index (κ2) is 5.04. The van der Waals surface area contributed by atoms with Gasteiger partial charge in [-0.1, -0.05) is 11.6 Å². The van der Waals surface area contributed by atoms with Crippen molar-refractivity contribution in [2.45, 2.75) is 12.8 Å². The molecule has 0 amide bonds. The number of Topliss-reactive ketones (excluding diaryl/α,β-unsaturated/α-hetero) is 1. The van der Waals surface area contributed by atoms with E-state index in [-0.39, 0.29) is 11.7 Å². The fraction of sp³-hybridized carbons (Fsp3) is 0.417. The first kappa shape index (κ1) is 11.0. The molecule has 0 spiro atoms. The highest BCUT2D eigenvalue weighted by Crippen LogP contribution is 2.26. The molecule has 0 aliphatic carbocycles. The van der Waals surface area contributed by atoms with E-state index in [9.17, 15) is 4.79 Å². The number of hydrogen-bond acceptors (Lipinski definition) is 2. The molecular weight excluding hydrogens is 228 g/mol. The summed E-state index contributed by atoms with van der Waals surface area (Å²) in [7, 11) is 0. The molecular formula is C12H13ClOS. The van der Waals surface area contributed by atoms with Gasteiger partial charge in [0.05, 0.1) is 0 Å². The van der Waals surface area contributed by atoms with Crippen molar-refractivity contribution in [3.8, 4) is 0 Å². The summed E-state index contributed by atoms with van der Waals surface area (Å²) in [6.07, 6.45) is 2.20. The van der Waals surface area contributed by atoms with E-state index in [1.54, 1.807) is 12.1 Å². The average molecular weight is 241 g/mol. The molecule has 0 aromatic heterocycles. The Kier molecular flexibility index (Phi) is 3.71. The van der Waals surface area contributed by atoms with Crippen molar-refractivity contribution in [1.82, 2.24) is 0 Å². The number of benzene rings is 1.